The van der Waals surface area contributed by atoms with Gasteiger partial charge in [-0.3, -0.25) is 0 Å². The summed E-state index contributed by atoms with van der Waals surface area (Å²) in [6.07, 6.45) is -0.981. The number of benzene rings is 1. The molecule has 4 heterocycles. The van der Waals surface area contributed by atoms with E-state index in [0.29, 0.717) is 12.3 Å². The first-order chi connectivity index (χ1) is 12.7. The van der Waals surface area contributed by atoms with Crippen LogP contribution in [0.1, 0.15) is 39.0 Å². The highest BCUT2D eigenvalue weighted by molar-refractivity contribution is 5.82. The van der Waals surface area contributed by atoms with Crippen LogP contribution < -0.4 is 0 Å². The Bertz CT molecular complexity index is 911. The summed E-state index contributed by atoms with van der Waals surface area (Å²) in [5.41, 5.74) is 2.74. The van der Waals surface area contributed by atoms with Gasteiger partial charge in [-0.1, -0.05) is 18.2 Å². The number of hydrogen-bond acceptors (Lipinski definition) is 6. The second-order valence-corrected chi connectivity index (χ2v) is 8.50. The third-order valence-corrected chi connectivity index (χ3v) is 5.47. The number of rotatable bonds is 1. The lowest BCUT2D eigenvalue weighted by Gasteiger charge is -2.38. The Labute approximate surface area is 158 Å². The minimum atomic E-state index is -1.11. The summed E-state index contributed by atoms with van der Waals surface area (Å²) < 4.78 is 31.1. The number of nitrogens with zero attached hydrogens (tertiary/aromatic N) is 1. The van der Waals surface area contributed by atoms with Crippen LogP contribution in [0.4, 0.5) is 0 Å². The van der Waals surface area contributed by atoms with E-state index in [0.717, 1.165) is 16.5 Å². The highest BCUT2D eigenvalue weighted by Gasteiger charge is 2.68. The molecule has 2 aromatic rings. The summed E-state index contributed by atoms with van der Waals surface area (Å²) in [6.45, 7) is 10.1. The van der Waals surface area contributed by atoms with Crippen molar-refractivity contribution in [3.05, 3.63) is 41.6 Å². The van der Waals surface area contributed by atoms with Crippen molar-refractivity contribution < 1.29 is 23.7 Å². The Hall–Kier alpha value is -1.57. The van der Waals surface area contributed by atoms with Gasteiger partial charge in [0.1, 0.15) is 24.0 Å². The number of ether oxygens (including phenoxy) is 5. The first-order valence-electron chi connectivity index (χ1n) is 9.44. The van der Waals surface area contributed by atoms with Gasteiger partial charge in [-0.25, -0.2) is 4.98 Å². The molecule has 4 atom stereocenters. The normalized spacial score (nSPS) is 36.6. The Balaban J connectivity index is 1.65. The van der Waals surface area contributed by atoms with Gasteiger partial charge in [-0.15, -0.1) is 0 Å². The van der Waals surface area contributed by atoms with Crippen molar-refractivity contribution in [2.75, 3.05) is 6.61 Å². The smallest absolute Gasteiger partial charge is 0.245 e. The molecule has 3 fully saturated rings. The number of aromatic nitrogens is 1. The van der Waals surface area contributed by atoms with Crippen molar-refractivity contribution in [2.45, 2.75) is 70.3 Å². The van der Waals surface area contributed by atoms with Gasteiger partial charge < -0.3 is 23.7 Å². The summed E-state index contributed by atoms with van der Waals surface area (Å²) in [5.74, 6) is -2.61. The van der Waals surface area contributed by atoms with Crippen molar-refractivity contribution in [2.24, 2.45) is 0 Å². The van der Waals surface area contributed by atoms with Crippen LogP contribution in [0, 0.1) is 6.92 Å². The molecule has 6 heteroatoms. The molecule has 0 aliphatic carbocycles. The molecule has 3 aliphatic heterocycles. The Morgan fingerprint density at radius 3 is 2.59 bits per heavy atom. The lowest BCUT2D eigenvalue weighted by atomic mass is 9.98. The highest BCUT2D eigenvalue weighted by Crippen LogP contribution is 2.53. The van der Waals surface area contributed by atoms with E-state index < -0.39 is 23.5 Å². The largest absolute Gasteiger partial charge is 0.348 e. The molecule has 6 nitrogen and oxygen atoms in total. The molecule has 1 aromatic heterocycles. The van der Waals surface area contributed by atoms with Crippen LogP contribution in [-0.4, -0.2) is 41.5 Å². The third-order valence-electron chi connectivity index (χ3n) is 5.47. The number of para-hydroxylation sites is 1. The monoisotopic (exact) mass is 371 g/mol. The van der Waals surface area contributed by atoms with Crippen molar-refractivity contribution in [3.63, 3.8) is 0 Å². The average Bonchev–Trinajstić information content (AvgIpc) is 3.02. The van der Waals surface area contributed by atoms with E-state index in [1.54, 1.807) is 0 Å². The zero-order chi connectivity index (χ0) is 19.0. The number of fused-ring (bicyclic) bond motifs is 4. The van der Waals surface area contributed by atoms with Crippen LogP contribution in [0.2, 0.25) is 0 Å². The van der Waals surface area contributed by atoms with E-state index in [9.17, 15) is 0 Å². The van der Waals surface area contributed by atoms with Crippen LogP contribution in [0.3, 0.4) is 0 Å². The van der Waals surface area contributed by atoms with Crippen LogP contribution in [0.25, 0.3) is 10.9 Å². The Kier molecular flexibility index (Phi) is 3.56. The highest BCUT2D eigenvalue weighted by atomic mass is 16.9. The first-order valence-corrected chi connectivity index (χ1v) is 9.44. The molecule has 144 valence electrons. The topological polar surface area (TPSA) is 59.0 Å². The summed E-state index contributed by atoms with van der Waals surface area (Å²) in [4.78, 5) is 4.88. The van der Waals surface area contributed by atoms with E-state index in [1.165, 1.54) is 0 Å². The lowest BCUT2D eigenvalue weighted by Crippen LogP contribution is -2.51. The molecule has 0 unspecified atom stereocenters. The molecular weight excluding hydrogens is 346 g/mol. The van der Waals surface area contributed by atoms with Gasteiger partial charge >= 0.3 is 0 Å². The SMILES string of the molecule is Cc1cc([C@@]23O[C@H]4COC(C)(C)O[C@H]4[C@@H]2OC(C)(C)O3)nc2ccccc12. The molecule has 3 aliphatic rings. The summed E-state index contributed by atoms with van der Waals surface area (Å²) in [7, 11) is 0. The lowest BCUT2D eigenvalue weighted by molar-refractivity contribution is -0.330. The van der Waals surface area contributed by atoms with Gasteiger partial charge in [0.15, 0.2) is 11.6 Å². The minimum Gasteiger partial charge on any atom is -0.348 e. The van der Waals surface area contributed by atoms with E-state index in [2.05, 4.69) is 13.0 Å². The summed E-state index contributed by atoms with van der Waals surface area (Å²) in [5, 5.41) is 1.11. The van der Waals surface area contributed by atoms with E-state index >= 15 is 0 Å². The molecule has 0 radical (unpaired) electrons. The Morgan fingerprint density at radius 2 is 1.78 bits per heavy atom. The maximum Gasteiger partial charge on any atom is 0.245 e. The molecule has 5 rings (SSSR count). The quantitative estimate of drug-likeness (QED) is 0.766. The fourth-order valence-electron chi connectivity index (χ4n) is 4.39. The van der Waals surface area contributed by atoms with Crippen LogP contribution in [-0.2, 0) is 29.5 Å². The number of pyridine rings is 1. The predicted molar refractivity (Wildman–Crippen MR) is 98.0 cm³/mol. The van der Waals surface area contributed by atoms with Gasteiger partial charge in [0.05, 0.1) is 12.1 Å². The molecule has 1 aromatic carbocycles. The van der Waals surface area contributed by atoms with Crippen molar-refractivity contribution >= 4 is 10.9 Å². The number of aryl methyl sites for hydroxylation is 1. The maximum atomic E-state index is 6.44. The molecule has 0 N–H and O–H groups in total. The standard InChI is InChI=1S/C21H25NO5/c1-12-10-16(22-14-9-7-6-8-13(12)14)21-18(26-20(4,5)27-21)17-15(24-21)11-23-19(2,3)25-17/h6-10,15,17-18H,11H2,1-5H3/t15-,17+,18-,21-/m0/s1. The first kappa shape index (κ1) is 17.5. The fourth-order valence-corrected chi connectivity index (χ4v) is 4.39. The van der Waals surface area contributed by atoms with Crippen LogP contribution in [0.5, 0.6) is 0 Å². The third kappa shape index (κ3) is 2.62. The zero-order valence-corrected chi connectivity index (χ0v) is 16.3. The fraction of sp³-hybridized carbons (Fsp3) is 0.571. The molecule has 0 amide bonds. The van der Waals surface area contributed by atoms with Gasteiger partial charge in [0.2, 0.25) is 5.79 Å². The zero-order valence-electron chi connectivity index (χ0n) is 16.3. The van der Waals surface area contributed by atoms with Crippen molar-refractivity contribution in [3.8, 4) is 0 Å². The summed E-state index contributed by atoms with van der Waals surface area (Å²) in [6, 6.07) is 10.1. The van der Waals surface area contributed by atoms with E-state index in [-0.39, 0.29) is 12.2 Å². The maximum absolute atomic E-state index is 6.44. The van der Waals surface area contributed by atoms with Crippen LogP contribution in [0.15, 0.2) is 30.3 Å². The molecule has 0 spiro atoms. The molecule has 3 saturated heterocycles. The molecular formula is C21H25NO5. The molecule has 27 heavy (non-hydrogen) atoms. The number of hydrogen-bond donors (Lipinski definition) is 0. The summed E-state index contributed by atoms with van der Waals surface area (Å²) >= 11 is 0. The van der Waals surface area contributed by atoms with Gasteiger partial charge in [-0.2, -0.15) is 0 Å². The van der Waals surface area contributed by atoms with Crippen molar-refractivity contribution in [1.82, 2.24) is 4.98 Å². The second kappa shape index (κ2) is 5.49. The van der Waals surface area contributed by atoms with Gasteiger partial charge in [-0.05, 0) is 52.3 Å². The van der Waals surface area contributed by atoms with E-state index in [1.807, 2.05) is 52.0 Å². The predicted octanol–water partition coefficient (Wildman–Crippen LogP) is 3.40. The molecule has 0 bridgehead atoms. The van der Waals surface area contributed by atoms with Crippen LogP contribution >= 0.6 is 0 Å². The van der Waals surface area contributed by atoms with Gasteiger partial charge in [0, 0.05) is 5.39 Å². The minimum absolute atomic E-state index is 0.271. The van der Waals surface area contributed by atoms with Gasteiger partial charge in [0.25, 0.3) is 0 Å². The van der Waals surface area contributed by atoms with Crippen molar-refractivity contribution in [1.29, 1.82) is 0 Å². The van der Waals surface area contributed by atoms with E-state index in [4.69, 9.17) is 28.7 Å². The average molecular weight is 371 g/mol. The second-order valence-electron chi connectivity index (χ2n) is 8.50. The Morgan fingerprint density at radius 1 is 1.00 bits per heavy atom. The molecule has 0 saturated carbocycles.